The fourth-order valence-corrected chi connectivity index (χ4v) is 2.47. The van der Waals surface area contributed by atoms with Crippen LogP contribution in [0.15, 0.2) is 18.2 Å². The van der Waals surface area contributed by atoms with Crippen molar-refractivity contribution in [2.24, 2.45) is 0 Å². The molecule has 132 valence electrons. The van der Waals surface area contributed by atoms with Crippen molar-refractivity contribution in [3.63, 3.8) is 0 Å². The summed E-state index contributed by atoms with van der Waals surface area (Å²) in [5, 5.41) is 13.6. The van der Waals surface area contributed by atoms with E-state index in [0.29, 0.717) is 38.4 Å². The Morgan fingerprint density at radius 1 is 1.38 bits per heavy atom. The topological polar surface area (TPSA) is 88.0 Å². The molecule has 1 fully saturated rings. The minimum atomic E-state index is -3.14. The maximum absolute atomic E-state index is 12.4. The van der Waals surface area contributed by atoms with Crippen LogP contribution in [0.3, 0.4) is 0 Å². The number of halogens is 2. The van der Waals surface area contributed by atoms with E-state index in [1.54, 1.807) is 4.90 Å². The number of rotatable bonds is 5. The highest BCUT2D eigenvalue weighted by Crippen LogP contribution is 2.33. The van der Waals surface area contributed by atoms with Crippen LogP contribution < -0.4 is 15.0 Å². The standard InChI is InChI=1S/C14H18F2N4O4/c1-2-17-14(21)19-7-5-18(6-8-19)10-3-4-11(20(22)23)12(9-10)24-13(15)16/h3-4,9,13H,2,5-8H2,1H3,(H,17,21). The molecule has 0 atom stereocenters. The Labute approximate surface area is 137 Å². The van der Waals surface area contributed by atoms with Gasteiger partial charge in [0.05, 0.1) is 4.92 Å². The summed E-state index contributed by atoms with van der Waals surface area (Å²) in [6, 6.07) is 3.70. The molecule has 8 nitrogen and oxygen atoms in total. The third kappa shape index (κ3) is 4.21. The SMILES string of the molecule is CCNC(=O)N1CCN(c2ccc([N+](=O)[O-])c(OC(F)F)c2)CC1. The molecule has 1 heterocycles. The lowest BCUT2D eigenvalue weighted by Crippen LogP contribution is -2.51. The molecule has 2 amide bonds. The molecule has 0 unspecified atom stereocenters. The molecule has 1 aliphatic rings. The molecule has 1 aromatic rings. The minimum absolute atomic E-state index is 0.150. The Balaban J connectivity index is 2.10. The fraction of sp³-hybridized carbons (Fsp3) is 0.500. The van der Waals surface area contributed by atoms with Crippen LogP contribution in [-0.4, -0.2) is 55.2 Å². The van der Waals surface area contributed by atoms with Crippen LogP contribution in [0.1, 0.15) is 6.92 Å². The Morgan fingerprint density at radius 3 is 2.58 bits per heavy atom. The number of nitrogens with zero attached hydrogens (tertiary/aromatic N) is 3. The van der Waals surface area contributed by atoms with E-state index in [-0.39, 0.29) is 6.03 Å². The molecule has 0 bridgehead atoms. The van der Waals surface area contributed by atoms with E-state index >= 15 is 0 Å². The lowest BCUT2D eigenvalue weighted by molar-refractivity contribution is -0.386. The van der Waals surface area contributed by atoms with Crippen molar-refractivity contribution in [3.8, 4) is 5.75 Å². The number of nitro benzene ring substituents is 1. The maximum Gasteiger partial charge on any atom is 0.387 e. The summed E-state index contributed by atoms with van der Waals surface area (Å²) in [5.74, 6) is -0.473. The second-order valence-electron chi connectivity index (χ2n) is 5.10. The summed E-state index contributed by atoms with van der Waals surface area (Å²) in [6.45, 7) is 1.13. The fourth-order valence-electron chi connectivity index (χ4n) is 2.47. The predicted octanol–water partition coefficient (Wildman–Crippen LogP) is 2.05. The maximum atomic E-state index is 12.4. The molecule has 1 aromatic carbocycles. The third-order valence-electron chi connectivity index (χ3n) is 3.62. The number of nitro groups is 1. The van der Waals surface area contributed by atoms with Crippen LogP contribution in [0, 0.1) is 10.1 Å². The second-order valence-corrected chi connectivity index (χ2v) is 5.10. The van der Waals surface area contributed by atoms with Gasteiger partial charge in [0.25, 0.3) is 0 Å². The van der Waals surface area contributed by atoms with Gasteiger partial charge in [-0.3, -0.25) is 10.1 Å². The van der Waals surface area contributed by atoms with Crippen molar-refractivity contribution in [1.29, 1.82) is 0 Å². The van der Waals surface area contributed by atoms with E-state index in [1.165, 1.54) is 12.1 Å². The number of anilines is 1. The van der Waals surface area contributed by atoms with Crippen LogP contribution in [-0.2, 0) is 0 Å². The summed E-state index contributed by atoms with van der Waals surface area (Å²) < 4.78 is 29.1. The van der Waals surface area contributed by atoms with Gasteiger partial charge in [-0.05, 0) is 13.0 Å². The molecule has 0 spiro atoms. The first-order valence-corrected chi connectivity index (χ1v) is 7.43. The van der Waals surface area contributed by atoms with Crippen LogP contribution in [0.25, 0.3) is 0 Å². The smallest absolute Gasteiger partial charge is 0.387 e. The van der Waals surface area contributed by atoms with Crippen molar-refractivity contribution in [1.82, 2.24) is 10.2 Å². The van der Waals surface area contributed by atoms with E-state index < -0.39 is 23.0 Å². The number of carbonyl (C=O) groups is 1. The van der Waals surface area contributed by atoms with Crippen molar-refractivity contribution >= 4 is 17.4 Å². The normalized spacial score (nSPS) is 14.7. The van der Waals surface area contributed by atoms with Crippen molar-refractivity contribution in [2.45, 2.75) is 13.5 Å². The van der Waals surface area contributed by atoms with Crippen LogP contribution >= 0.6 is 0 Å². The predicted molar refractivity (Wildman–Crippen MR) is 82.6 cm³/mol. The molecule has 1 saturated heterocycles. The number of ether oxygens (including phenoxy) is 1. The molecule has 0 aliphatic carbocycles. The summed E-state index contributed by atoms with van der Waals surface area (Å²) in [4.78, 5) is 25.4. The molecule has 1 N–H and O–H groups in total. The van der Waals surface area contributed by atoms with Crippen LogP contribution in [0.4, 0.5) is 25.0 Å². The minimum Gasteiger partial charge on any atom is -0.427 e. The van der Waals surface area contributed by atoms with Gasteiger partial charge in [-0.15, -0.1) is 0 Å². The second kappa shape index (κ2) is 7.75. The highest BCUT2D eigenvalue weighted by Gasteiger charge is 2.24. The van der Waals surface area contributed by atoms with Crippen molar-refractivity contribution in [3.05, 3.63) is 28.3 Å². The van der Waals surface area contributed by atoms with Crippen LogP contribution in [0.2, 0.25) is 0 Å². The molecule has 0 aromatic heterocycles. The van der Waals surface area contributed by atoms with Gasteiger partial charge in [-0.2, -0.15) is 8.78 Å². The molecule has 0 radical (unpaired) electrons. The van der Waals surface area contributed by atoms with Gasteiger partial charge in [-0.1, -0.05) is 0 Å². The zero-order chi connectivity index (χ0) is 17.7. The van der Waals surface area contributed by atoms with Gasteiger partial charge >= 0.3 is 18.3 Å². The highest BCUT2D eigenvalue weighted by atomic mass is 19.3. The quantitative estimate of drug-likeness (QED) is 0.652. The number of hydrogen-bond acceptors (Lipinski definition) is 5. The van der Waals surface area contributed by atoms with Crippen molar-refractivity contribution in [2.75, 3.05) is 37.6 Å². The van der Waals surface area contributed by atoms with Crippen molar-refractivity contribution < 1.29 is 23.2 Å². The lowest BCUT2D eigenvalue weighted by atomic mass is 10.2. The zero-order valence-corrected chi connectivity index (χ0v) is 13.1. The van der Waals surface area contributed by atoms with E-state index in [0.717, 1.165) is 6.07 Å². The zero-order valence-electron chi connectivity index (χ0n) is 13.1. The monoisotopic (exact) mass is 344 g/mol. The Morgan fingerprint density at radius 2 is 2.04 bits per heavy atom. The van der Waals surface area contributed by atoms with E-state index in [2.05, 4.69) is 10.1 Å². The number of benzene rings is 1. The summed E-state index contributed by atoms with van der Waals surface area (Å²) in [6.07, 6.45) is 0. The Kier molecular flexibility index (Phi) is 5.72. The van der Waals surface area contributed by atoms with E-state index in [1.807, 2.05) is 11.8 Å². The first-order valence-electron chi connectivity index (χ1n) is 7.43. The average Bonchev–Trinajstić information content (AvgIpc) is 2.54. The number of piperazine rings is 1. The number of nitrogens with one attached hydrogen (secondary N) is 1. The summed E-state index contributed by atoms with van der Waals surface area (Å²) in [7, 11) is 0. The van der Waals surface area contributed by atoms with Crippen LogP contribution in [0.5, 0.6) is 5.75 Å². The number of alkyl halides is 2. The van der Waals surface area contributed by atoms with Gasteiger partial charge < -0.3 is 19.9 Å². The summed E-state index contributed by atoms with van der Waals surface area (Å²) in [5.41, 5.74) is 0.0202. The highest BCUT2D eigenvalue weighted by molar-refractivity contribution is 5.74. The molecule has 0 saturated carbocycles. The van der Waals surface area contributed by atoms with E-state index in [9.17, 15) is 23.7 Å². The Hall–Kier alpha value is -2.65. The molecule has 24 heavy (non-hydrogen) atoms. The summed E-state index contributed by atoms with van der Waals surface area (Å²) >= 11 is 0. The average molecular weight is 344 g/mol. The molecular weight excluding hydrogens is 326 g/mol. The lowest BCUT2D eigenvalue weighted by Gasteiger charge is -2.36. The molecule has 1 aliphatic heterocycles. The van der Waals surface area contributed by atoms with Gasteiger partial charge in [0.15, 0.2) is 0 Å². The van der Waals surface area contributed by atoms with Gasteiger partial charge in [0.1, 0.15) is 0 Å². The van der Waals surface area contributed by atoms with E-state index in [4.69, 9.17) is 0 Å². The number of carbonyl (C=O) groups excluding carboxylic acids is 1. The first-order chi connectivity index (χ1) is 11.4. The Bertz CT molecular complexity index is 606. The number of urea groups is 1. The van der Waals surface area contributed by atoms with Gasteiger partial charge in [0, 0.05) is 50.5 Å². The number of amides is 2. The number of hydrogen-bond donors (Lipinski definition) is 1. The molecular formula is C14H18F2N4O4. The molecule has 10 heteroatoms. The first kappa shape index (κ1) is 17.7. The van der Waals surface area contributed by atoms with Gasteiger partial charge in [-0.25, -0.2) is 4.79 Å². The molecule has 2 rings (SSSR count). The van der Waals surface area contributed by atoms with Gasteiger partial charge in [0.2, 0.25) is 5.75 Å². The largest absolute Gasteiger partial charge is 0.427 e. The third-order valence-corrected chi connectivity index (χ3v) is 3.62.